The van der Waals surface area contributed by atoms with Gasteiger partial charge < -0.3 is 14.2 Å². The van der Waals surface area contributed by atoms with Crippen molar-refractivity contribution >= 4 is 29.3 Å². The molecule has 10 heteroatoms. The first kappa shape index (κ1) is 22.1. The van der Waals surface area contributed by atoms with Crippen LogP contribution >= 0.6 is 7.60 Å². The van der Waals surface area contributed by atoms with Gasteiger partial charge in [-0.3, -0.25) is 9.29 Å². The van der Waals surface area contributed by atoms with E-state index in [9.17, 15) is 17.8 Å². The van der Waals surface area contributed by atoms with Crippen LogP contribution in [0.2, 0.25) is 0 Å². The number of hydrogen-bond acceptors (Lipinski definition) is 6. The standard InChI is InChI=1S/C18H22NO7PS/c1-3-25-27(22,26-4-2)13-14-5-9-16(10-6-14)19-28(23,24)17-11-7-15(8-12-17)18(20)21/h5-12,19H,3-4,13H2,1-2H3,(H,20,21). The van der Waals surface area contributed by atoms with Crippen molar-refractivity contribution in [1.29, 1.82) is 0 Å². The van der Waals surface area contributed by atoms with Crippen molar-refractivity contribution in [3.63, 3.8) is 0 Å². The van der Waals surface area contributed by atoms with Gasteiger partial charge in [0.05, 0.1) is 29.8 Å². The van der Waals surface area contributed by atoms with Crippen LogP contribution in [0.1, 0.15) is 29.8 Å². The molecule has 152 valence electrons. The van der Waals surface area contributed by atoms with E-state index < -0.39 is 23.6 Å². The Morgan fingerprint density at radius 3 is 2.00 bits per heavy atom. The predicted octanol–water partition coefficient (Wildman–Crippen LogP) is 3.95. The lowest BCUT2D eigenvalue weighted by atomic mass is 10.2. The molecule has 8 nitrogen and oxygen atoms in total. The van der Waals surface area contributed by atoms with Crippen LogP contribution in [0.5, 0.6) is 0 Å². The van der Waals surface area contributed by atoms with E-state index in [0.29, 0.717) is 11.3 Å². The normalized spacial score (nSPS) is 11.9. The molecule has 0 fully saturated rings. The van der Waals surface area contributed by atoms with Gasteiger partial charge in [-0.25, -0.2) is 13.2 Å². The van der Waals surface area contributed by atoms with Gasteiger partial charge in [0.2, 0.25) is 0 Å². The van der Waals surface area contributed by atoms with E-state index in [1.54, 1.807) is 38.1 Å². The number of rotatable bonds is 10. The van der Waals surface area contributed by atoms with Crippen LogP contribution in [-0.2, 0) is 29.8 Å². The summed E-state index contributed by atoms with van der Waals surface area (Å²) in [5.74, 6) is -1.14. The molecule has 0 bridgehead atoms. The van der Waals surface area contributed by atoms with Gasteiger partial charge >= 0.3 is 13.6 Å². The Bertz CT molecular complexity index is 946. The fraction of sp³-hybridized carbons (Fsp3) is 0.278. The molecule has 0 radical (unpaired) electrons. The second-order valence-electron chi connectivity index (χ2n) is 5.74. The Kier molecular flexibility index (Phi) is 7.37. The van der Waals surface area contributed by atoms with Crippen molar-refractivity contribution in [1.82, 2.24) is 0 Å². The molecule has 2 aromatic rings. The largest absolute Gasteiger partial charge is 0.478 e. The SMILES string of the molecule is CCOP(=O)(Cc1ccc(NS(=O)(=O)c2ccc(C(=O)O)cc2)cc1)OCC. The number of carboxylic acid groups (broad SMARTS) is 1. The highest BCUT2D eigenvalue weighted by Gasteiger charge is 2.24. The highest BCUT2D eigenvalue weighted by Crippen LogP contribution is 2.51. The second kappa shape index (κ2) is 9.34. The van der Waals surface area contributed by atoms with Crippen LogP contribution in [0.3, 0.4) is 0 Å². The fourth-order valence-corrected chi connectivity index (χ4v) is 5.18. The number of carbonyl (C=O) groups is 1. The summed E-state index contributed by atoms with van der Waals surface area (Å²) in [5.41, 5.74) is 0.990. The number of aromatic carboxylic acids is 1. The van der Waals surface area contributed by atoms with Crippen LogP contribution < -0.4 is 4.72 Å². The van der Waals surface area contributed by atoms with Crippen LogP contribution in [0.15, 0.2) is 53.4 Å². The Balaban J connectivity index is 2.12. The summed E-state index contributed by atoms with van der Waals surface area (Å²) in [7, 11) is -7.11. The summed E-state index contributed by atoms with van der Waals surface area (Å²) < 4.78 is 50.3. The number of nitrogens with one attached hydrogen (secondary N) is 1. The third-order valence-electron chi connectivity index (χ3n) is 3.65. The quantitative estimate of drug-likeness (QED) is 0.551. The first-order chi connectivity index (χ1) is 13.2. The van der Waals surface area contributed by atoms with Crippen LogP contribution in [0, 0.1) is 0 Å². The zero-order chi connectivity index (χ0) is 20.8. The maximum Gasteiger partial charge on any atom is 0.335 e. The minimum Gasteiger partial charge on any atom is -0.478 e. The number of benzene rings is 2. The summed E-state index contributed by atoms with van der Waals surface area (Å²) >= 11 is 0. The van der Waals surface area contributed by atoms with Gasteiger partial charge in [0.25, 0.3) is 10.0 Å². The van der Waals surface area contributed by atoms with E-state index >= 15 is 0 Å². The third-order valence-corrected chi connectivity index (χ3v) is 7.10. The summed E-state index contributed by atoms with van der Waals surface area (Å²) in [5, 5.41) is 8.88. The van der Waals surface area contributed by atoms with Crippen molar-refractivity contribution in [3.05, 3.63) is 59.7 Å². The molecule has 2 N–H and O–H groups in total. The average molecular weight is 427 g/mol. The van der Waals surface area contributed by atoms with Crippen LogP contribution in [0.25, 0.3) is 0 Å². The van der Waals surface area contributed by atoms with Gasteiger partial charge in [0.15, 0.2) is 0 Å². The highest BCUT2D eigenvalue weighted by molar-refractivity contribution is 7.92. The third kappa shape index (κ3) is 5.90. The molecule has 0 aromatic heterocycles. The number of carboxylic acids is 1. The molecule has 2 aromatic carbocycles. The van der Waals surface area contributed by atoms with E-state index in [4.69, 9.17) is 14.2 Å². The van der Waals surface area contributed by atoms with Crippen LogP contribution in [-0.4, -0.2) is 32.7 Å². The molecule has 0 amide bonds. The van der Waals surface area contributed by atoms with Gasteiger partial charge in [-0.05, 0) is 55.8 Å². The zero-order valence-electron chi connectivity index (χ0n) is 15.5. The molecular formula is C18H22NO7PS. The van der Waals surface area contributed by atoms with E-state index in [2.05, 4.69) is 4.72 Å². The van der Waals surface area contributed by atoms with Gasteiger partial charge in [-0.1, -0.05) is 12.1 Å². The highest BCUT2D eigenvalue weighted by atomic mass is 32.2. The molecule has 0 aliphatic rings. The maximum atomic E-state index is 12.6. The molecule has 0 atom stereocenters. The molecule has 0 aliphatic carbocycles. The van der Waals surface area contributed by atoms with Crippen molar-refractivity contribution in [2.75, 3.05) is 17.9 Å². The Morgan fingerprint density at radius 1 is 1.00 bits per heavy atom. The summed E-state index contributed by atoms with van der Waals surface area (Å²) in [4.78, 5) is 10.8. The molecule has 0 unspecified atom stereocenters. The topological polar surface area (TPSA) is 119 Å². The smallest absolute Gasteiger partial charge is 0.335 e. The summed E-state index contributed by atoms with van der Waals surface area (Å²) in [6.07, 6.45) is 0.0817. The minimum atomic E-state index is -3.87. The monoisotopic (exact) mass is 427 g/mol. The molecule has 0 saturated heterocycles. The van der Waals surface area contributed by atoms with Gasteiger partial charge in [-0.2, -0.15) is 0 Å². The predicted molar refractivity (Wildman–Crippen MR) is 105 cm³/mol. The molecule has 2 rings (SSSR count). The number of anilines is 1. The lowest BCUT2D eigenvalue weighted by Gasteiger charge is -2.17. The van der Waals surface area contributed by atoms with Gasteiger partial charge in [0.1, 0.15) is 0 Å². The summed E-state index contributed by atoms with van der Waals surface area (Å²) in [6, 6.07) is 11.2. The lowest BCUT2D eigenvalue weighted by Crippen LogP contribution is -2.13. The first-order valence-corrected chi connectivity index (χ1v) is 11.7. The molecule has 0 spiro atoms. The van der Waals surface area contributed by atoms with Crippen molar-refractivity contribution in [3.8, 4) is 0 Å². The number of hydrogen-bond donors (Lipinski definition) is 2. The zero-order valence-corrected chi connectivity index (χ0v) is 17.2. The average Bonchev–Trinajstić information content (AvgIpc) is 2.63. The van der Waals surface area contributed by atoms with Crippen molar-refractivity contribution < 1.29 is 31.9 Å². The van der Waals surface area contributed by atoms with E-state index in [1.165, 1.54) is 24.3 Å². The van der Waals surface area contributed by atoms with E-state index in [1.807, 2.05) is 0 Å². The Morgan fingerprint density at radius 2 is 1.54 bits per heavy atom. The molecule has 28 heavy (non-hydrogen) atoms. The number of sulfonamides is 1. The molecule has 0 saturated carbocycles. The minimum absolute atomic E-state index is 0.00340. The molecular weight excluding hydrogens is 405 g/mol. The van der Waals surface area contributed by atoms with Crippen molar-refractivity contribution in [2.24, 2.45) is 0 Å². The first-order valence-electron chi connectivity index (χ1n) is 8.52. The van der Waals surface area contributed by atoms with Gasteiger partial charge in [-0.15, -0.1) is 0 Å². The van der Waals surface area contributed by atoms with Crippen LogP contribution in [0.4, 0.5) is 5.69 Å². The Hall–Kier alpha value is -2.19. The fourth-order valence-electron chi connectivity index (χ4n) is 2.41. The summed E-state index contributed by atoms with van der Waals surface area (Å²) in [6.45, 7) is 3.98. The van der Waals surface area contributed by atoms with Gasteiger partial charge in [0, 0.05) is 5.69 Å². The lowest BCUT2D eigenvalue weighted by molar-refractivity contribution is 0.0696. The Labute approximate surface area is 164 Å². The van der Waals surface area contributed by atoms with E-state index in [-0.39, 0.29) is 29.8 Å². The van der Waals surface area contributed by atoms with Crippen molar-refractivity contribution in [2.45, 2.75) is 24.9 Å². The molecule has 0 heterocycles. The second-order valence-corrected chi connectivity index (χ2v) is 9.47. The maximum absolute atomic E-state index is 12.6. The van der Waals surface area contributed by atoms with E-state index in [0.717, 1.165) is 0 Å². The molecule has 0 aliphatic heterocycles.